The van der Waals surface area contributed by atoms with Gasteiger partial charge in [-0.05, 0) is 137 Å². The number of hydrogen-bond acceptors (Lipinski definition) is 14. The first-order valence-corrected chi connectivity index (χ1v) is 27.2. The Labute approximate surface area is 420 Å². The fourth-order valence-corrected chi connectivity index (χ4v) is 13.5. The molecule has 4 aliphatic heterocycles. The van der Waals surface area contributed by atoms with Gasteiger partial charge in [-0.1, -0.05) is 38.1 Å². The van der Waals surface area contributed by atoms with Gasteiger partial charge in [-0.25, -0.2) is 13.1 Å². The molecule has 0 unspecified atom stereocenters. The van der Waals surface area contributed by atoms with Gasteiger partial charge in [0.25, 0.3) is 27.5 Å². The number of nitrogens with zero attached hydrogens (tertiary/aromatic N) is 5. The molecule has 11 rings (SSSR count). The average Bonchev–Trinajstić information content (AvgIpc) is 4.02. The molecule has 72 heavy (non-hydrogen) atoms. The molecule has 2 saturated carbocycles. The third-order valence-corrected chi connectivity index (χ3v) is 18.0. The Morgan fingerprint density at radius 2 is 1.75 bits per heavy atom. The molecule has 5 fully saturated rings. The van der Waals surface area contributed by atoms with E-state index in [2.05, 4.69) is 67.8 Å². The highest BCUT2D eigenvalue weighted by atomic mass is 32.2. The zero-order valence-electron chi connectivity index (χ0n) is 41.6. The van der Waals surface area contributed by atoms with E-state index in [0.29, 0.717) is 62.4 Å². The Kier molecular flexibility index (Phi) is 12.6. The van der Waals surface area contributed by atoms with Gasteiger partial charge in [-0.15, -0.1) is 0 Å². The van der Waals surface area contributed by atoms with Gasteiger partial charge in [-0.2, -0.15) is 4.98 Å². The van der Waals surface area contributed by atoms with Crippen molar-refractivity contribution in [2.75, 3.05) is 56.6 Å². The predicted molar refractivity (Wildman–Crippen MR) is 274 cm³/mol. The number of aromatic nitrogens is 2. The molecule has 2 aromatic heterocycles. The topological polar surface area (TPSA) is 205 Å². The van der Waals surface area contributed by atoms with E-state index in [1.54, 1.807) is 24.4 Å². The van der Waals surface area contributed by atoms with E-state index in [1.165, 1.54) is 42.9 Å². The Bertz CT molecular complexity index is 2980. The number of piperidine rings is 1. The van der Waals surface area contributed by atoms with Crippen molar-refractivity contribution < 1.29 is 37.5 Å². The van der Waals surface area contributed by atoms with Crippen molar-refractivity contribution in [3.63, 3.8) is 0 Å². The van der Waals surface area contributed by atoms with Crippen LogP contribution in [-0.2, 0) is 10.0 Å². The smallest absolute Gasteiger partial charge is 0.297 e. The number of nitro benzene ring substituents is 1. The number of rotatable bonds is 13. The molecule has 4 N–H and O–H groups in total. The zero-order valence-corrected chi connectivity index (χ0v) is 42.4. The first-order valence-electron chi connectivity index (χ1n) is 25.8. The van der Waals surface area contributed by atoms with Crippen molar-refractivity contribution in [3.8, 4) is 23.1 Å². The van der Waals surface area contributed by atoms with Gasteiger partial charge in [0.2, 0.25) is 0 Å². The van der Waals surface area contributed by atoms with Gasteiger partial charge in [0.1, 0.15) is 24.1 Å². The van der Waals surface area contributed by atoms with E-state index in [0.717, 1.165) is 49.6 Å². The molecule has 3 aromatic carbocycles. The summed E-state index contributed by atoms with van der Waals surface area (Å²) < 4.78 is 49.6. The number of ether oxygens (including phenoxy) is 3. The Morgan fingerprint density at radius 3 is 2.49 bits per heavy atom. The predicted octanol–water partition coefficient (Wildman–Crippen LogP) is 8.90. The minimum absolute atomic E-state index is 0.00400. The number of nitro groups is 1. The Balaban J connectivity index is 0.841. The summed E-state index contributed by atoms with van der Waals surface area (Å²) in [4.78, 5) is 40.9. The van der Waals surface area contributed by atoms with E-state index in [1.807, 2.05) is 26.1 Å². The highest BCUT2D eigenvalue weighted by molar-refractivity contribution is 7.90. The molecule has 2 aliphatic carbocycles. The maximum absolute atomic E-state index is 14.4. The van der Waals surface area contributed by atoms with Crippen molar-refractivity contribution in [1.29, 1.82) is 0 Å². The first-order chi connectivity index (χ1) is 34.5. The van der Waals surface area contributed by atoms with Gasteiger partial charge in [0.05, 0.1) is 27.0 Å². The van der Waals surface area contributed by atoms with E-state index in [-0.39, 0.29) is 64.5 Å². The second-order valence-electron chi connectivity index (χ2n) is 22.1. The van der Waals surface area contributed by atoms with Crippen molar-refractivity contribution in [2.24, 2.45) is 11.3 Å². The summed E-state index contributed by atoms with van der Waals surface area (Å²) in [5.41, 5.74) is 3.40. The van der Waals surface area contributed by atoms with Crippen LogP contribution in [0, 0.1) is 21.4 Å². The number of H-pyrrole nitrogens is 1. The first kappa shape index (κ1) is 48.3. The zero-order chi connectivity index (χ0) is 50.1. The third-order valence-electron chi connectivity index (χ3n) is 16.7. The van der Waals surface area contributed by atoms with Gasteiger partial charge in [-0.3, -0.25) is 24.7 Å². The fraction of sp³-hybridized carbons (Fsp3) is 0.519. The van der Waals surface area contributed by atoms with Crippen molar-refractivity contribution in [3.05, 3.63) is 99.7 Å². The van der Waals surface area contributed by atoms with Crippen molar-refractivity contribution >= 4 is 44.0 Å². The molecule has 17 nitrogen and oxygen atoms in total. The molecule has 1 spiro atoms. The number of pyridine rings is 1. The highest BCUT2D eigenvalue weighted by Crippen LogP contribution is 2.55. The number of aliphatic hydroxyl groups is 1. The van der Waals surface area contributed by atoms with Crippen LogP contribution >= 0.6 is 0 Å². The molecule has 0 bridgehead atoms. The van der Waals surface area contributed by atoms with Crippen LogP contribution in [0.1, 0.15) is 118 Å². The maximum Gasteiger partial charge on any atom is 0.297 e. The van der Waals surface area contributed by atoms with Crippen LogP contribution in [0.4, 0.5) is 17.1 Å². The second kappa shape index (κ2) is 18.8. The van der Waals surface area contributed by atoms with Crippen molar-refractivity contribution in [1.82, 2.24) is 24.5 Å². The molecule has 6 heterocycles. The number of amides is 1. The Morgan fingerprint density at radius 1 is 0.986 bits per heavy atom. The van der Waals surface area contributed by atoms with Crippen LogP contribution < -0.4 is 29.1 Å². The lowest BCUT2D eigenvalue weighted by Gasteiger charge is -2.56. The van der Waals surface area contributed by atoms with Crippen LogP contribution in [0.3, 0.4) is 0 Å². The number of hydrogen-bond donors (Lipinski definition) is 4. The van der Waals surface area contributed by atoms with Crippen LogP contribution in [-0.4, -0.2) is 114 Å². The number of carbonyl (C=O) groups is 1. The molecule has 5 aromatic rings. The molecular weight excluding hydrogens is 937 g/mol. The minimum atomic E-state index is -4.71. The summed E-state index contributed by atoms with van der Waals surface area (Å²) in [6.07, 6.45) is 11.1. The monoisotopic (exact) mass is 1000 g/mol. The largest absolute Gasteiger partial charge is 0.489 e. The van der Waals surface area contributed by atoms with Gasteiger partial charge >= 0.3 is 0 Å². The summed E-state index contributed by atoms with van der Waals surface area (Å²) in [5.74, 6) is 0.167. The average molecular weight is 1000 g/mol. The Hall–Kier alpha value is -5.95. The van der Waals surface area contributed by atoms with Gasteiger partial charge in [0.15, 0.2) is 17.2 Å². The number of likely N-dealkylation sites (tertiary alicyclic amines) is 2. The molecule has 2 atom stereocenters. The van der Waals surface area contributed by atoms with E-state index in [9.17, 15) is 28.4 Å². The minimum Gasteiger partial charge on any atom is -0.489 e. The third kappa shape index (κ3) is 9.46. The standard InChI is InChI=1S/C54H66N8O9S/c1-33(2)40-8-5-6-9-41(40)44-10-7-21-61(44)37-28-54(29-37)18-22-60(23-19-54)36-11-12-42(46(25-36)71-48-24-35-15-20-55-50(35)57-52(48)70-38-30-59(4)31-38)51(63)58-72(67,68)39-26-45(62(65)66)49-47(27-39)69-32-43(56-49)34-13-16-53(3,64)17-14-34/h5-6,8-9,11-12,15,20,24-27,33-34,37-38,43-44,56,64H,7,10,13-14,16-19,21-23,28-32H2,1-4H3,(H,55,57)(H,58,63)/t34-,43-,44+,53-/m1/s1. The molecule has 382 valence electrons. The number of likely N-dealkylation sites (N-methyl/N-ethyl adjacent to an activating group) is 1. The molecule has 3 saturated heterocycles. The van der Waals surface area contributed by atoms with Gasteiger partial charge < -0.3 is 34.5 Å². The number of fused-ring (bicyclic) bond motifs is 2. The fourth-order valence-electron chi connectivity index (χ4n) is 12.5. The normalized spacial score (nSPS) is 24.8. The van der Waals surface area contributed by atoms with Gasteiger partial charge in [0, 0.05) is 73.7 Å². The van der Waals surface area contributed by atoms with Crippen LogP contribution in [0.25, 0.3) is 11.0 Å². The molecule has 18 heteroatoms. The van der Waals surface area contributed by atoms with E-state index >= 15 is 0 Å². The van der Waals surface area contributed by atoms with Crippen LogP contribution in [0.15, 0.2) is 77.8 Å². The summed E-state index contributed by atoms with van der Waals surface area (Å²) in [6, 6.07) is 20.7. The lowest BCUT2D eigenvalue weighted by atomic mass is 9.59. The summed E-state index contributed by atoms with van der Waals surface area (Å²) in [5, 5.41) is 27.0. The quantitative estimate of drug-likeness (QED) is 0.0643. The lowest BCUT2D eigenvalue weighted by molar-refractivity contribution is -0.384. The maximum atomic E-state index is 14.4. The number of aromatic amines is 1. The summed E-state index contributed by atoms with van der Waals surface area (Å²) in [6.45, 7) is 10.7. The number of anilines is 2. The number of sulfonamides is 1. The van der Waals surface area contributed by atoms with Crippen molar-refractivity contribution in [2.45, 2.75) is 126 Å². The van der Waals surface area contributed by atoms with Crippen LogP contribution in [0.5, 0.6) is 23.1 Å². The van der Waals surface area contributed by atoms with Crippen LogP contribution in [0.2, 0.25) is 0 Å². The number of nitrogens with one attached hydrogen (secondary N) is 3. The van der Waals surface area contributed by atoms with E-state index < -0.39 is 37.0 Å². The highest BCUT2D eigenvalue weighted by Gasteiger charge is 2.50. The molecule has 0 radical (unpaired) electrons. The SMILES string of the molecule is CC(C)c1ccccc1[C@@H]1CCCN1C1CC2(CCN(c3ccc(C(=O)NS(=O)(=O)c4cc5c(c([N+](=O)[O-])c4)N[C@@H]([C@H]4CC[C@](C)(O)CC4)CO5)c(Oc4cc5cc[nH]c5nc4OC4CN(C)C4)c3)CC2)C1. The lowest BCUT2D eigenvalue weighted by Crippen LogP contribution is -2.55. The number of benzene rings is 3. The molecule has 6 aliphatic rings. The second-order valence-corrected chi connectivity index (χ2v) is 23.8. The molecule has 1 amide bonds. The summed E-state index contributed by atoms with van der Waals surface area (Å²) >= 11 is 0. The van der Waals surface area contributed by atoms with E-state index in [4.69, 9.17) is 19.2 Å². The summed E-state index contributed by atoms with van der Waals surface area (Å²) in [7, 11) is -2.71. The molecular formula is C54H66N8O9S. The number of carbonyl (C=O) groups excluding carboxylic acids is 1.